The Bertz CT molecular complexity index is 583. The lowest BCUT2D eigenvalue weighted by Crippen LogP contribution is -2.50. The fourth-order valence-electron chi connectivity index (χ4n) is 1.94. The van der Waals surface area contributed by atoms with E-state index in [-0.39, 0.29) is 11.1 Å². The molecule has 0 N–H and O–H groups in total. The number of aromatic nitrogens is 1. The van der Waals surface area contributed by atoms with Crippen molar-refractivity contribution in [1.82, 2.24) is 14.2 Å². The molecular weight excluding hydrogens is 290 g/mol. The number of piperazine rings is 1. The van der Waals surface area contributed by atoms with Gasteiger partial charge in [-0.1, -0.05) is 11.6 Å². The van der Waals surface area contributed by atoms with E-state index < -0.39 is 10.0 Å². The van der Waals surface area contributed by atoms with Crippen molar-refractivity contribution in [2.75, 3.05) is 32.4 Å². The van der Waals surface area contributed by atoms with Crippen LogP contribution in [0.4, 0.5) is 0 Å². The zero-order chi connectivity index (χ0) is 14.0. The highest BCUT2D eigenvalue weighted by Crippen LogP contribution is 2.16. The van der Waals surface area contributed by atoms with E-state index in [1.165, 1.54) is 16.8 Å². The van der Waals surface area contributed by atoms with E-state index in [1.807, 2.05) is 0 Å². The molecule has 0 aromatic carbocycles. The van der Waals surface area contributed by atoms with Crippen molar-refractivity contribution >= 4 is 27.5 Å². The number of hydrogen-bond donors (Lipinski definition) is 0. The Morgan fingerprint density at radius 2 is 1.95 bits per heavy atom. The zero-order valence-electron chi connectivity index (χ0n) is 10.4. The maximum absolute atomic E-state index is 12.2. The number of rotatable bonds is 2. The lowest BCUT2D eigenvalue weighted by atomic mass is 10.2. The predicted octanol–water partition coefficient (Wildman–Crippen LogP) is 0.452. The van der Waals surface area contributed by atoms with E-state index in [9.17, 15) is 13.2 Å². The van der Waals surface area contributed by atoms with Gasteiger partial charge < -0.3 is 4.90 Å². The van der Waals surface area contributed by atoms with Crippen LogP contribution >= 0.6 is 11.6 Å². The molecule has 0 unspecified atom stereocenters. The number of halogens is 1. The van der Waals surface area contributed by atoms with Gasteiger partial charge in [-0.05, 0) is 12.1 Å². The first-order valence-electron chi connectivity index (χ1n) is 5.74. The molecule has 0 bridgehead atoms. The molecule has 1 saturated heterocycles. The molecule has 104 valence electrons. The molecule has 8 heteroatoms. The maximum Gasteiger partial charge on any atom is 0.257 e. The summed E-state index contributed by atoms with van der Waals surface area (Å²) < 4.78 is 24.1. The molecule has 2 heterocycles. The molecule has 6 nitrogen and oxygen atoms in total. The van der Waals surface area contributed by atoms with Gasteiger partial charge in [-0.15, -0.1) is 0 Å². The van der Waals surface area contributed by atoms with E-state index in [4.69, 9.17) is 11.6 Å². The molecule has 0 atom stereocenters. The van der Waals surface area contributed by atoms with E-state index in [0.717, 1.165) is 0 Å². The molecular formula is C11H14ClN3O3S. The normalized spacial score (nSPS) is 17.5. The number of amides is 1. The predicted molar refractivity (Wildman–Crippen MR) is 71.6 cm³/mol. The van der Waals surface area contributed by atoms with Crippen LogP contribution in [0.2, 0.25) is 5.15 Å². The summed E-state index contributed by atoms with van der Waals surface area (Å²) in [6.07, 6.45) is 2.68. The summed E-state index contributed by atoms with van der Waals surface area (Å²) in [6.45, 7) is 1.33. The summed E-state index contributed by atoms with van der Waals surface area (Å²) in [5, 5.41) is 0.165. The summed E-state index contributed by atoms with van der Waals surface area (Å²) in [5.41, 5.74) is 0.344. The average Bonchev–Trinajstić information content (AvgIpc) is 2.38. The zero-order valence-corrected chi connectivity index (χ0v) is 12.0. The lowest BCUT2D eigenvalue weighted by Gasteiger charge is -2.33. The van der Waals surface area contributed by atoms with Crippen molar-refractivity contribution < 1.29 is 13.2 Å². The van der Waals surface area contributed by atoms with E-state index in [0.29, 0.717) is 31.7 Å². The van der Waals surface area contributed by atoms with Crippen LogP contribution in [0, 0.1) is 0 Å². The van der Waals surface area contributed by atoms with Gasteiger partial charge >= 0.3 is 0 Å². The molecule has 2 rings (SSSR count). The fourth-order valence-corrected chi connectivity index (χ4v) is 2.97. The van der Waals surface area contributed by atoms with Crippen LogP contribution in [0.15, 0.2) is 18.3 Å². The second kappa shape index (κ2) is 5.44. The number of sulfonamides is 1. The molecule has 1 aliphatic rings. The molecule has 0 aliphatic carbocycles. The van der Waals surface area contributed by atoms with Gasteiger partial charge in [-0.25, -0.2) is 13.4 Å². The van der Waals surface area contributed by atoms with Crippen LogP contribution in [-0.2, 0) is 10.0 Å². The minimum atomic E-state index is -3.19. The third-order valence-corrected chi connectivity index (χ3v) is 4.59. The van der Waals surface area contributed by atoms with Crippen LogP contribution in [-0.4, -0.2) is 60.9 Å². The van der Waals surface area contributed by atoms with Gasteiger partial charge in [0, 0.05) is 32.4 Å². The highest BCUT2D eigenvalue weighted by Gasteiger charge is 2.27. The Morgan fingerprint density at radius 3 is 2.47 bits per heavy atom. The fraction of sp³-hybridized carbons (Fsp3) is 0.455. The number of nitrogens with zero attached hydrogens (tertiary/aromatic N) is 3. The molecule has 19 heavy (non-hydrogen) atoms. The van der Waals surface area contributed by atoms with E-state index >= 15 is 0 Å². The van der Waals surface area contributed by atoms with Gasteiger partial charge in [0.15, 0.2) is 0 Å². The Kier molecular flexibility index (Phi) is 4.07. The highest BCUT2D eigenvalue weighted by molar-refractivity contribution is 7.88. The standard InChI is InChI=1S/C11H14ClN3O3S/c1-19(17,18)15-7-5-14(6-8-15)11(16)9-3-2-4-13-10(9)12/h2-4H,5-8H2,1H3. The first-order valence-corrected chi connectivity index (χ1v) is 7.97. The van der Waals surface area contributed by atoms with Crippen molar-refractivity contribution in [1.29, 1.82) is 0 Å². The van der Waals surface area contributed by atoms with E-state index in [1.54, 1.807) is 17.0 Å². The van der Waals surface area contributed by atoms with Crippen LogP contribution in [0.1, 0.15) is 10.4 Å². The van der Waals surface area contributed by atoms with Gasteiger partial charge in [0.1, 0.15) is 5.15 Å². The molecule has 0 spiro atoms. The molecule has 1 aromatic rings. The highest BCUT2D eigenvalue weighted by atomic mass is 35.5. The van der Waals surface area contributed by atoms with Crippen LogP contribution in [0.25, 0.3) is 0 Å². The topological polar surface area (TPSA) is 70.6 Å². The van der Waals surface area contributed by atoms with Crippen molar-refractivity contribution in [2.24, 2.45) is 0 Å². The minimum Gasteiger partial charge on any atom is -0.336 e. The van der Waals surface area contributed by atoms with Gasteiger partial charge in [0.05, 0.1) is 11.8 Å². The molecule has 1 aliphatic heterocycles. The summed E-state index contributed by atoms with van der Waals surface area (Å²) in [6, 6.07) is 3.26. The van der Waals surface area contributed by atoms with Crippen molar-refractivity contribution in [3.63, 3.8) is 0 Å². The number of carbonyl (C=O) groups excluding carboxylic acids is 1. The summed E-state index contributed by atoms with van der Waals surface area (Å²) in [4.78, 5) is 17.7. The van der Waals surface area contributed by atoms with Crippen molar-refractivity contribution in [3.05, 3.63) is 29.0 Å². The average molecular weight is 304 g/mol. The van der Waals surface area contributed by atoms with E-state index in [2.05, 4.69) is 4.98 Å². The maximum atomic E-state index is 12.2. The first-order chi connectivity index (χ1) is 8.89. The largest absolute Gasteiger partial charge is 0.336 e. The second-order valence-corrected chi connectivity index (χ2v) is 6.64. The van der Waals surface area contributed by atoms with Crippen LogP contribution in [0.5, 0.6) is 0 Å². The number of hydrogen-bond acceptors (Lipinski definition) is 4. The summed E-state index contributed by atoms with van der Waals surface area (Å²) in [5.74, 6) is -0.216. The van der Waals surface area contributed by atoms with Crippen LogP contribution < -0.4 is 0 Å². The monoisotopic (exact) mass is 303 g/mol. The third kappa shape index (κ3) is 3.23. The van der Waals surface area contributed by atoms with Gasteiger partial charge in [0.2, 0.25) is 10.0 Å². The van der Waals surface area contributed by atoms with Gasteiger partial charge in [-0.3, -0.25) is 4.79 Å². The molecule has 1 fully saturated rings. The summed E-state index contributed by atoms with van der Waals surface area (Å²) in [7, 11) is -3.19. The first kappa shape index (κ1) is 14.2. The summed E-state index contributed by atoms with van der Waals surface area (Å²) >= 11 is 5.87. The van der Waals surface area contributed by atoms with Gasteiger partial charge in [-0.2, -0.15) is 4.31 Å². The smallest absolute Gasteiger partial charge is 0.257 e. The quantitative estimate of drug-likeness (QED) is 0.744. The molecule has 1 amide bonds. The second-order valence-electron chi connectivity index (χ2n) is 4.30. The number of pyridine rings is 1. The Morgan fingerprint density at radius 1 is 1.32 bits per heavy atom. The SMILES string of the molecule is CS(=O)(=O)N1CCN(C(=O)c2cccnc2Cl)CC1. The lowest BCUT2D eigenvalue weighted by molar-refractivity contribution is 0.0698. The Labute approximate surface area is 117 Å². The third-order valence-electron chi connectivity index (χ3n) is 2.98. The molecule has 0 radical (unpaired) electrons. The van der Waals surface area contributed by atoms with Crippen molar-refractivity contribution in [2.45, 2.75) is 0 Å². The number of carbonyl (C=O) groups is 1. The van der Waals surface area contributed by atoms with Crippen LogP contribution in [0.3, 0.4) is 0 Å². The molecule has 0 saturated carbocycles. The van der Waals surface area contributed by atoms with Gasteiger partial charge in [0.25, 0.3) is 5.91 Å². The minimum absolute atomic E-state index is 0.165. The Hall–Kier alpha value is -1.18. The van der Waals surface area contributed by atoms with Crippen molar-refractivity contribution in [3.8, 4) is 0 Å². The molecule has 1 aromatic heterocycles. The Balaban J connectivity index is 2.07.